The average molecular weight is 237 g/mol. The molecule has 1 saturated heterocycles. The lowest BCUT2D eigenvalue weighted by molar-refractivity contribution is -0.131. The van der Waals surface area contributed by atoms with Crippen molar-refractivity contribution < 1.29 is 4.79 Å². The maximum atomic E-state index is 11.7. The third-order valence-electron chi connectivity index (χ3n) is 3.05. The summed E-state index contributed by atoms with van der Waals surface area (Å²) in [7, 11) is 1.91. The summed E-state index contributed by atoms with van der Waals surface area (Å²) in [5.41, 5.74) is 6.51. The highest BCUT2D eigenvalue weighted by Gasteiger charge is 2.21. The number of hydrogen-bond donors (Lipinski definition) is 1. The number of nitrogens with two attached hydrogens (primary N) is 1. The third-order valence-corrected chi connectivity index (χ3v) is 3.05. The van der Waals surface area contributed by atoms with Gasteiger partial charge in [-0.05, 0) is 0 Å². The van der Waals surface area contributed by atoms with E-state index in [0.717, 1.165) is 31.9 Å². The van der Waals surface area contributed by atoms with E-state index < -0.39 is 0 Å². The van der Waals surface area contributed by atoms with E-state index in [4.69, 9.17) is 5.73 Å². The van der Waals surface area contributed by atoms with Crippen LogP contribution in [0, 0.1) is 0 Å². The maximum Gasteiger partial charge on any atom is 0.223 e. The van der Waals surface area contributed by atoms with Crippen LogP contribution in [0.3, 0.4) is 0 Å². The number of carbonyl (C=O) groups excluding carboxylic acids is 1. The minimum Gasteiger partial charge on any atom is -0.365 e. The fourth-order valence-electron chi connectivity index (χ4n) is 2.07. The monoisotopic (exact) mass is 237 g/mol. The molecule has 0 spiro atoms. The molecule has 6 heteroatoms. The summed E-state index contributed by atoms with van der Waals surface area (Å²) in [4.78, 5) is 15.8. The number of carbonyl (C=O) groups is 1. The number of rotatable bonds is 3. The fourth-order valence-corrected chi connectivity index (χ4v) is 2.07. The van der Waals surface area contributed by atoms with Crippen LogP contribution in [0.5, 0.6) is 0 Å². The molecule has 0 aromatic carbocycles. The molecule has 0 saturated carbocycles. The van der Waals surface area contributed by atoms with E-state index >= 15 is 0 Å². The van der Waals surface area contributed by atoms with Gasteiger partial charge in [0.15, 0.2) is 0 Å². The summed E-state index contributed by atoms with van der Waals surface area (Å²) in [5, 5.41) is 4.15. The van der Waals surface area contributed by atoms with Gasteiger partial charge in [-0.2, -0.15) is 5.10 Å². The SMILES string of the molecule is Cn1cc(N2CCN(C(=O)CCN)CC2)cn1. The Hall–Kier alpha value is -1.56. The van der Waals surface area contributed by atoms with Gasteiger partial charge in [-0.1, -0.05) is 0 Å². The zero-order valence-electron chi connectivity index (χ0n) is 10.2. The molecule has 1 amide bonds. The quantitative estimate of drug-likeness (QED) is 0.763. The summed E-state index contributed by atoms with van der Waals surface area (Å²) in [6.45, 7) is 3.70. The van der Waals surface area contributed by atoms with E-state index in [1.807, 2.05) is 24.3 Å². The van der Waals surface area contributed by atoms with Crippen LogP contribution in [-0.4, -0.2) is 53.3 Å². The molecule has 0 unspecified atom stereocenters. The van der Waals surface area contributed by atoms with Crippen molar-refractivity contribution in [2.45, 2.75) is 6.42 Å². The molecule has 2 N–H and O–H groups in total. The van der Waals surface area contributed by atoms with Crippen LogP contribution >= 0.6 is 0 Å². The Morgan fingerprint density at radius 3 is 2.65 bits per heavy atom. The number of hydrogen-bond acceptors (Lipinski definition) is 4. The van der Waals surface area contributed by atoms with Gasteiger partial charge >= 0.3 is 0 Å². The molecule has 0 atom stereocenters. The van der Waals surface area contributed by atoms with E-state index in [2.05, 4.69) is 10.00 Å². The van der Waals surface area contributed by atoms with Gasteiger partial charge in [0, 0.05) is 52.4 Å². The highest BCUT2D eigenvalue weighted by Crippen LogP contribution is 2.14. The molecule has 94 valence electrons. The number of anilines is 1. The molecule has 2 rings (SSSR count). The number of nitrogens with zero attached hydrogens (tertiary/aromatic N) is 4. The second-order valence-electron chi connectivity index (χ2n) is 4.28. The van der Waals surface area contributed by atoms with Gasteiger partial charge in [0.05, 0.1) is 11.9 Å². The molecular formula is C11H19N5O. The summed E-state index contributed by atoms with van der Waals surface area (Å²) in [6.07, 6.45) is 4.31. The van der Waals surface area contributed by atoms with Crippen molar-refractivity contribution in [1.82, 2.24) is 14.7 Å². The van der Waals surface area contributed by atoms with Crippen molar-refractivity contribution in [3.8, 4) is 0 Å². The van der Waals surface area contributed by atoms with Gasteiger partial charge in [-0.3, -0.25) is 9.48 Å². The van der Waals surface area contributed by atoms with Gasteiger partial charge < -0.3 is 15.5 Å². The predicted octanol–water partition coefficient (Wildman–Crippen LogP) is -0.582. The van der Waals surface area contributed by atoms with Gasteiger partial charge in [0.2, 0.25) is 5.91 Å². The first-order valence-electron chi connectivity index (χ1n) is 5.92. The molecule has 1 aromatic rings. The van der Waals surface area contributed by atoms with Crippen molar-refractivity contribution in [2.75, 3.05) is 37.6 Å². The topological polar surface area (TPSA) is 67.4 Å². The van der Waals surface area contributed by atoms with Crippen molar-refractivity contribution in [3.05, 3.63) is 12.4 Å². The lowest BCUT2D eigenvalue weighted by Gasteiger charge is -2.35. The smallest absolute Gasteiger partial charge is 0.223 e. The number of piperazine rings is 1. The van der Waals surface area contributed by atoms with Crippen LogP contribution in [0.15, 0.2) is 12.4 Å². The number of aromatic nitrogens is 2. The number of aryl methyl sites for hydroxylation is 1. The zero-order chi connectivity index (χ0) is 12.3. The van der Waals surface area contributed by atoms with Crippen LogP contribution in [0.25, 0.3) is 0 Å². The minimum absolute atomic E-state index is 0.165. The van der Waals surface area contributed by atoms with Crippen LogP contribution < -0.4 is 10.6 Å². The first kappa shape index (κ1) is 11.9. The Balaban J connectivity index is 1.88. The molecule has 6 nitrogen and oxygen atoms in total. The summed E-state index contributed by atoms with van der Waals surface area (Å²) in [6, 6.07) is 0. The van der Waals surface area contributed by atoms with Crippen LogP contribution in [0.4, 0.5) is 5.69 Å². The lowest BCUT2D eigenvalue weighted by Crippen LogP contribution is -2.49. The molecule has 1 fully saturated rings. The molecule has 0 bridgehead atoms. The molecule has 1 aliphatic heterocycles. The zero-order valence-corrected chi connectivity index (χ0v) is 10.2. The standard InChI is InChI=1S/C11H19N5O/c1-14-9-10(8-13-14)15-4-6-16(7-5-15)11(17)2-3-12/h8-9H,2-7,12H2,1H3. The third kappa shape index (κ3) is 2.76. The van der Waals surface area contributed by atoms with E-state index in [-0.39, 0.29) is 5.91 Å². The minimum atomic E-state index is 0.165. The van der Waals surface area contributed by atoms with Gasteiger partial charge in [0.25, 0.3) is 0 Å². The second-order valence-corrected chi connectivity index (χ2v) is 4.28. The Morgan fingerprint density at radius 2 is 2.12 bits per heavy atom. The second kappa shape index (κ2) is 5.18. The van der Waals surface area contributed by atoms with Crippen LogP contribution in [0.2, 0.25) is 0 Å². The lowest BCUT2D eigenvalue weighted by atomic mass is 10.2. The van der Waals surface area contributed by atoms with E-state index in [9.17, 15) is 4.79 Å². The maximum absolute atomic E-state index is 11.7. The van der Waals surface area contributed by atoms with Crippen molar-refractivity contribution >= 4 is 11.6 Å². The van der Waals surface area contributed by atoms with E-state index in [1.54, 1.807) is 4.68 Å². The Labute approximate surface area is 101 Å². The van der Waals surface area contributed by atoms with Gasteiger partial charge in [0.1, 0.15) is 0 Å². The Morgan fingerprint density at radius 1 is 1.41 bits per heavy atom. The first-order valence-corrected chi connectivity index (χ1v) is 5.92. The Kier molecular flexibility index (Phi) is 3.63. The van der Waals surface area contributed by atoms with E-state index in [0.29, 0.717) is 13.0 Å². The molecule has 1 aliphatic rings. The molecule has 2 heterocycles. The average Bonchev–Trinajstić information content (AvgIpc) is 2.76. The predicted molar refractivity (Wildman–Crippen MR) is 65.7 cm³/mol. The van der Waals surface area contributed by atoms with E-state index in [1.165, 1.54) is 0 Å². The normalized spacial score (nSPS) is 16.4. The number of amides is 1. The Bertz CT molecular complexity index is 381. The highest BCUT2D eigenvalue weighted by atomic mass is 16.2. The summed E-state index contributed by atoms with van der Waals surface area (Å²) >= 11 is 0. The molecule has 1 aromatic heterocycles. The molecular weight excluding hydrogens is 218 g/mol. The van der Waals surface area contributed by atoms with Crippen molar-refractivity contribution in [2.24, 2.45) is 12.8 Å². The fraction of sp³-hybridized carbons (Fsp3) is 0.636. The van der Waals surface area contributed by atoms with Gasteiger partial charge in [-0.25, -0.2) is 0 Å². The van der Waals surface area contributed by atoms with Crippen molar-refractivity contribution in [1.29, 1.82) is 0 Å². The molecule has 17 heavy (non-hydrogen) atoms. The van der Waals surface area contributed by atoms with Crippen molar-refractivity contribution in [3.63, 3.8) is 0 Å². The molecule has 0 aliphatic carbocycles. The largest absolute Gasteiger partial charge is 0.365 e. The summed E-state index contributed by atoms with van der Waals surface area (Å²) < 4.78 is 1.79. The highest BCUT2D eigenvalue weighted by molar-refractivity contribution is 5.76. The van der Waals surface area contributed by atoms with Gasteiger partial charge in [-0.15, -0.1) is 0 Å². The summed E-state index contributed by atoms with van der Waals surface area (Å²) in [5.74, 6) is 0.165. The van der Waals surface area contributed by atoms with Crippen LogP contribution in [-0.2, 0) is 11.8 Å². The van der Waals surface area contributed by atoms with Crippen LogP contribution in [0.1, 0.15) is 6.42 Å². The first-order chi connectivity index (χ1) is 8.20. The molecule has 0 radical (unpaired) electrons.